The maximum absolute atomic E-state index is 13.0. The van der Waals surface area contributed by atoms with Gasteiger partial charge in [-0.25, -0.2) is 4.79 Å². The van der Waals surface area contributed by atoms with Crippen LogP contribution < -0.4 is 10.6 Å². The molecule has 0 unspecified atom stereocenters. The summed E-state index contributed by atoms with van der Waals surface area (Å²) in [6.07, 6.45) is 8.44. The molecule has 1 saturated carbocycles. The van der Waals surface area contributed by atoms with Crippen LogP contribution in [-0.2, 0) is 5.54 Å². The fourth-order valence-electron chi connectivity index (χ4n) is 4.72. The molecule has 2 aliphatic rings. The second kappa shape index (κ2) is 8.69. The van der Waals surface area contributed by atoms with Gasteiger partial charge in [0.15, 0.2) is 0 Å². The zero-order valence-electron chi connectivity index (χ0n) is 17.9. The van der Waals surface area contributed by atoms with Gasteiger partial charge in [-0.3, -0.25) is 0 Å². The summed E-state index contributed by atoms with van der Waals surface area (Å²) in [5, 5.41) is 6.65. The maximum Gasteiger partial charge on any atom is 0.315 e. The predicted molar refractivity (Wildman–Crippen MR) is 117 cm³/mol. The molecule has 0 spiro atoms. The Morgan fingerprint density at radius 3 is 2.46 bits per heavy atom. The standard InChI is InChI=1S/C24H37N3O/c1-19(2)20-11-10-12-21(17-20)23(3,4)25-22(28)26-24(13-6-5-7-14-24)18-27-15-8-9-16-27/h10-12,17H,1,5-9,13-16,18H2,2-4H3,(H2,25,26,28). The van der Waals surface area contributed by atoms with Gasteiger partial charge in [-0.1, -0.05) is 49.6 Å². The molecular formula is C24H37N3O. The third-order valence-electron chi connectivity index (χ3n) is 6.42. The number of hydrogen-bond donors (Lipinski definition) is 2. The number of rotatable bonds is 6. The van der Waals surface area contributed by atoms with E-state index >= 15 is 0 Å². The van der Waals surface area contributed by atoms with Crippen LogP contribution in [0, 0.1) is 0 Å². The van der Waals surface area contributed by atoms with Crippen molar-refractivity contribution in [3.05, 3.63) is 42.0 Å². The fourth-order valence-corrected chi connectivity index (χ4v) is 4.72. The van der Waals surface area contributed by atoms with Crippen LogP contribution in [-0.4, -0.2) is 36.1 Å². The average molecular weight is 384 g/mol. The van der Waals surface area contributed by atoms with E-state index < -0.39 is 5.54 Å². The first kappa shape index (κ1) is 20.9. The number of hydrogen-bond acceptors (Lipinski definition) is 2. The van der Waals surface area contributed by atoms with Crippen LogP contribution >= 0.6 is 0 Å². The van der Waals surface area contributed by atoms with E-state index in [0.717, 1.165) is 36.1 Å². The number of allylic oxidation sites excluding steroid dienone is 1. The Bertz CT molecular complexity index is 698. The highest BCUT2D eigenvalue weighted by atomic mass is 16.2. The average Bonchev–Trinajstić information content (AvgIpc) is 3.14. The molecule has 1 aromatic rings. The van der Waals surface area contributed by atoms with E-state index in [1.807, 2.05) is 13.0 Å². The molecule has 1 aliphatic heterocycles. The van der Waals surface area contributed by atoms with Crippen molar-refractivity contribution >= 4 is 11.6 Å². The van der Waals surface area contributed by atoms with E-state index in [-0.39, 0.29) is 11.6 Å². The highest BCUT2D eigenvalue weighted by Crippen LogP contribution is 2.31. The Kier molecular flexibility index (Phi) is 6.49. The molecule has 2 fully saturated rings. The third kappa shape index (κ3) is 5.16. The van der Waals surface area contributed by atoms with Gasteiger partial charge in [0.2, 0.25) is 0 Å². The summed E-state index contributed by atoms with van der Waals surface area (Å²) in [5.41, 5.74) is 2.72. The van der Waals surface area contributed by atoms with E-state index in [0.29, 0.717) is 0 Å². The van der Waals surface area contributed by atoms with Gasteiger partial charge in [0.25, 0.3) is 0 Å². The number of likely N-dealkylation sites (tertiary alicyclic amines) is 1. The highest BCUT2D eigenvalue weighted by molar-refractivity contribution is 5.76. The molecule has 1 heterocycles. The molecule has 0 atom stereocenters. The van der Waals surface area contributed by atoms with Crippen molar-refractivity contribution in [2.75, 3.05) is 19.6 Å². The Balaban J connectivity index is 1.69. The second-order valence-corrected chi connectivity index (χ2v) is 9.39. The Morgan fingerprint density at radius 1 is 1.14 bits per heavy atom. The van der Waals surface area contributed by atoms with Gasteiger partial charge < -0.3 is 15.5 Å². The minimum atomic E-state index is -0.445. The number of amides is 2. The molecule has 1 aliphatic carbocycles. The van der Waals surface area contributed by atoms with Gasteiger partial charge in [-0.2, -0.15) is 0 Å². The van der Waals surface area contributed by atoms with Gasteiger partial charge in [-0.05, 0) is 76.7 Å². The number of carbonyl (C=O) groups excluding carboxylic acids is 1. The van der Waals surface area contributed by atoms with Crippen molar-refractivity contribution in [1.29, 1.82) is 0 Å². The lowest BCUT2D eigenvalue weighted by Crippen LogP contribution is -2.60. The number of nitrogens with zero attached hydrogens (tertiary/aromatic N) is 1. The normalized spacial score (nSPS) is 20.0. The first-order valence-electron chi connectivity index (χ1n) is 10.9. The number of carbonyl (C=O) groups is 1. The van der Waals surface area contributed by atoms with Crippen LogP contribution in [0.1, 0.15) is 76.8 Å². The molecule has 4 nitrogen and oxygen atoms in total. The van der Waals surface area contributed by atoms with Gasteiger partial charge in [0.1, 0.15) is 0 Å². The van der Waals surface area contributed by atoms with Crippen LogP contribution in [0.4, 0.5) is 4.79 Å². The predicted octanol–water partition coefficient (Wildman–Crippen LogP) is 5.05. The molecule has 2 N–H and O–H groups in total. The van der Waals surface area contributed by atoms with Crippen LogP contribution in [0.25, 0.3) is 5.57 Å². The van der Waals surface area contributed by atoms with Crippen LogP contribution in [0.5, 0.6) is 0 Å². The van der Waals surface area contributed by atoms with E-state index in [2.05, 4.69) is 54.2 Å². The molecular weight excluding hydrogens is 346 g/mol. The van der Waals surface area contributed by atoms with Crippen molar-refractivity contribution < 1.29 is 4.79 Å². The Hall–Kier alpha value is -1.81. The zero-order chi connectivity index (χ0) is 20.2. The van der Waals surface area contributed by atoms with Gasteiger partial charge in [0, 0.05) is 6.54 Å². The van der Waals surface area contributed by atoms with Gasteiger partial charge in [-0.15, -0.1) is 0 Å². The molecule has 4 heteroatoms. The second-order valence-electron chi connectivity index (χ2n) is 9.39. The van der Waals surface area contributed by atoms with E-state index in [4.69, 9.17) is 0 Å². The summed E-state index contributed by atoms with van der Waals surface area (Å²) in [5.74, 6) is 0. The number of nitrogens with one attached hydrogen (secondary N) is 2. The van der Waals surface area contributed by atoms with Crippen LogP contribution in [0.3, 0.4) is 0 Å². The van der Waals surface area contributed by atoms with Crippen LogP contribution in [0.2, 0.25) is 0 Å². The SMILES string of the molecule is C=C(C)c1cccc(C(C)(C)NC(=O)NC2(CN3CCCC3)CCCCC2)c1. The van der Waals surface area contributed by atoms with Crippen molar-refractivity contribution in [2.45, 2.75) is 76.8 Å². The summed E-state index contributed by atoms with van der Waals surface area (Å²) in [7, 11) is 0. The van der Waals surface area contributed by atoms with Crippen molar-refractivity contribution in [3.63, 3.8) is 0 Å². The lowest BCUT2D eigenvalue weighted by Gasteiger charge is -2.41. The van der Waals surface area contributed by atoms with Crippen molar-refractivity contribution in [3.8, 4) is 0 Å². The monoisotopic (exact) mass is 383 g/mol. The molecule has 0 aromatic heterocycles. The highest BCUT2D eigenvalue weighted by Gasteiger charge is 2.37. The van der Waals surface area contributed by atoms with Crippen LogP contribution in [0.15, 0.2) is 30.8 Å². The summed E-state index contributed by atoms with van der Waals surface area (Å²) in [6.45, 7) is 13.5. The molecule has 2 amide bonds. The lowest BCUT2D eigenvalue weighted by atomic mass is 9.81. The largest absolute Gasteiger partial charge is 0.331 e. The summed E-state index contributed by atoms with van der Waals surface area (Å²) < 4.78 is 0. The summed E-state index contributed by atoms with van der Waals surface area (Å²) in [4.78, 5) is 15.6. The maximum atomic E-state index is 13.0. The van der Waals surface area contributed by atoms with Gasteiger partial charge in [0.05, 0.1) is 11.1 Å². The topological polar surface area (TPSA) is 44.4 Å². The van der Waals surface area contributed by atoms with Crippen molar-refractivity contribution in [2.24, 2.45) is 0 Å². The molecule has 28 heavy (non-hydrogen) atoms. The molecule has 1 aromatic carbocycles. The summed E-state index contributed by atoms with van der Waals surface area (Å²) in [6, 6.07) is 8.26. The molecule has 0 radical (unpaired) electrons. The molecule has 154 valence electrons. The fraction of sp³-hybridized carbons (Fsp3) is 0.625. The minimum absolute atomic E-state index is 0.0492. The molecule has 0 bridgehead atoms. The Labute approximate surface area is 170 Å². The lowest BCUT2D eigenvalue weighted by molar-refractivity contribution is 0.153. The van der Waals surface area contributed by atoms with E-state index in [9.17, 15) is 4.79 Å². The molecule has 3 rings (SSSR count). The smallest absolute Gasteiger partial charge is 0.315 e. The van der Waals surface area contributed by atoms with E-state index in [1.165, 1.54) is 45.2 Å². The number of benzene rings is 1. The Morgan fingerprint density at radius 2 is 1.82 bits per heavy atom. The quantitative estimate of drug-likeness (QED) is 0.722. The van der Waals surface area contributed by atoms with E-state index in [1.54, 1.807) is 0 Å². The molecule has 1 saturated heterocycles. The number of urea groups is 1. The summed E-state index contributed by atoms with van der Waals surface area (Å²) >= 11 is 0. The zero-order valence-corrected chi connectivity index (χ0v) is 17.9. The first-order valence-corrected chi connectivity index (χ1v) is 10.9. The van der Waals surface area contributed by atoms with Gasteiger partial charge >= 0.3 is 6.03 Å². The first-order chi connectivity index (χ1) is 13.3. The minimum Gasteiger partial charge on any atom is -0.331 e. The van der Waals surface area contributed by atoms with Crippen molar-refractivity contribution in [1.82, 2.24) is 15.5 Å². The third-order valence-corrected chi connectivity index (χ3v) is 6.42.